The van der Waals surface area contributed by atoms with E-state index in [0.717, 1.165) is 6.54 Å². The maximum atomic E-state index is 5.91. The fourth-order valence-corrected chi connectivity index (χ4v) is 2.31. The highest BCUT2D eigenvalue weighted by molar-refractivity contribution is 6.29. The molecule has 0 spiro atoms. The van der Waals surface area contributed by atoms with E-state index in [9.17, 15) is 0 Å². The van der Waals surface area contributed by atoms with Gasteiger partial charge in [0.05, 0.1) is 6.54 Å². The summed E-state index contributed by atoms with van der Waals surface area (Å²) in [6, 6.07) is 9.11. The van der Waals surface area contributed by atoms with E-state index in [1.165, 1.54) is 24.1 Å². The summed E-state index contributed by atoms with van der Waals surface area (Å²) in [5.74, 6) is 0. The lowest BCUT2D eigenvalue weighted by Gasteiger charge is -2.36. The molecule has 0 bridgehead atoms. The minimum Gasteiger partial charge on any atom is -0.363 e. The molecule has 0 fully saturated rings. The minimum absolute atomic E-state index is 0.551. The number of para-hydroxylation sites is 1. The van der Waals surface area contributed by atoms with Gasteiger partial charge in [0.15, 0.2) is 0 Å². The molecule has 0 radical (unpaired) electrons. The molecule has 15 heavy (non-hydrogen) atoms. The van der Waals surface area contributed by atoms with E-state index in [0.29, 0.717) is 11.1 Å². The summed E-state index contributed by atoms with van der Waals surface area (Å²) in [7, 11) is 0. The Labute approximate surface area is 96.4 Å². The molecule has 0 saturated carbocycles. The SMILES string of the molecule is C=C(Cl)CN1c2ccccc2CCC1C. The van der Waals surface area contributed by atoms with Crippen LogP contribution in [0.25, 0.3) is 0 Å². The number of aryl methyl sites for hydroxylation is 1. The van der Waals surface area contributed by atoms with E-state index in [1.807, 2.05) is 0 Å². The Balaban J connectivity index is 2.32. The summed E-state index contributed by atoms with van der Waals surface area (Å²) in [6.07, 6.45) is 2.36. The molecule has 0 saturated heterocycles. The van der Waals surface area contributed by atoms with Crippen LogP contribution in [0.5, 0.6) is 0 Å². The van der Waals surface area contributed by atoms with Gasteiger partial charge in [-0.15, -0.1) is 0 Å². The van der Waals surface area contributed by atoms with Crippen LogP contribution in [0.4, 0.5) is 5.69 Å². The van der Waals surface area contributed by atoms with Crippen LogP contribution in [-0.2, 0) is 6.42 Å². The third-order valence-electron chi connectivity index (χ3n) is 3.01. The third-order valence-corrected chi connectivity index (χ3v) is 3.13. The van der Waals surface area contributed by atoms with Crippen molar-refractivity contribution in [2.75, 3.05) is 11.4 Å². The molecule has 1 aliphatic rings. The number of nitrogens with zero attached hydrogens (tertiary/aromatic N) is 1. The first-order valence-corrected chi connectivity index (χ1v) is 5.74. The minimum atomic E-state index is 0.551. The van der Waals surface area contributed by atoms with Gasteiger partial charge >= 0.3 is 0 Å². The van der Waals surface area contributed by atoms with Crippen LogP contribution in [0.3, 0.4) is 0 Å². The lowest BCUT2D eigenvalue weighted by molar-refractivity contribution is 0.581. The Morgan fingerprint density at radius 1 is 1.53 bits per heavy atom. The number of halogens is 1. The maximum absolute atomic E-state index is 5.91. The van der Waals surface area contributed by atoms with E-state index in [1.54, 1.807) is 0 Å². The molecule has 1 nitrogen and oxygen atoms in total. The van der Waals surface area contributed by atoms with Crippen LogP contribution >= 0.6 is 11.6 Å². The molecular formula is C13H16ClN. The van der Waals surface area contributed by atoms with Gasteiger partial charge in [-0.1, -0.05) is 36.4 Å². The molecule has 2 rings (SSSR count). The van der Waals surface area contributed by atoms with Crippen LogP contribution in [-0.4, -0.2) is 12.6 Å². The van der Waals surface area contributed by atoms with E-state index in [4.69, 9.17) is 11.6 Å². The molecule has 2 heteroatoms. The Hall–Kier alpha value is -0.950. The van der Waals surface area contributed by atoms with Crippen molar-refractivity contribution in [3.05, 3.63) is 41.4 Å². The summed E-state index contributed by atoms with van der Waals surface area (Å²) in [5.41, 5.74) is 2.74. The molecule has 1 aliphatic heterocycles. The van der Waals surface area contributed by atoms with Crippen LogP contribution in [0.15, 0.2) is 35.9 Å². The molecule has 0 N–H and O–H groups in total. The van der Waals surface area contributed by atoms with Gasteiger partial charge in [0.1, 0.15) is 0 Å². The molecule has 1 aromatic carbocycles. The van der Waals surface area contributed by atoms with Crippen molar-refractivity contribution in [2.24, 2.45) is 0 Å². The highest BCUT2D eigenvalue weighted by Crippen LogP contribution is 2.30. The highest BCUT2D eigenvalue weighted by atomic mass is 35.5. The number of hydrogen-bond acceptors (Lipinski definition) is 1. The molecule has 1 unspecified atom stereocenters. The molecular weight excluding hydrogens is 206 g/mol. The normalized spacial score (nSPS) is 19.9. The summed E-state index contributed by atoms with van der Waals surface area (Å²) in [4.78, 5) is 2.34. The largest absolute Gasteiger partial charge is 0.363 e. The second kappa shape index (κ2) is 4.28. The van der Waals surface area contributed by atoms with E-state index < -0.39 is 0 Å². The number of benzene rings is 1. The number of fused-ring (bicyclic) bond motifs is 1. The van der Waals surface area contributed by atoms with Gasteiger partial charge in [0, 0.05) is 16.8 Å². The number of anilines is 1. The Morgan fingerprint density at radius 2 is 2.27 bits per heavy atom. The zero-order valence-electron chi connectivity index (χ0n) is 9.04. The second-order valence-electron chi connectivity index (χ2n) is 4.16. The Kier molecular flexibility index (Phi) is 3.01. The summed E-state index contributed by atoms with van der Waals surface area (Å²) in [6.45, 7) is 6.78. The third kappa shape index (κ3) is 2.18. The molecule has 0 aliphatic carbocycles. The van der Waals surface area contributed by atoms with Gasteiger partial charge in [0.2, 0.25) is 0 Å². The Bertz CT molecular complexity index is 373. The fraction of sp³-hybridized carbons (Fsp3) is 0.385. The predicted octanol–water partition coefficient (Wildman–Crippen LogP) is 3.58. The van der Waals surface area contributed by atoms with Crippen molar-refractivity contribution in [3.8, 4) is 0 Å². The van der Waals surface area contributed by atoms with Crippen molar-refractivity contribution in [2.45, 2.75) is 25.8 Å². The van der Waals surface area contributed by atoms with Crippen LogP contribution in [0.1, 0.15) is 18.9 Å². The molecule has 1 aromatic rings. The van der Waals surface area contributed by atoms with E-state index in [2.05, 4.69) is 42.7 Å². The topological polar surface area (TPSA) is 3.24 Å². The standard InChI is InChI=1S/C13H16ClN/c1-10(14)9-15-11(2)7-8-12-5-3-4-6-13(12)15/h3-6,11H,1,7-9H2,2H3. The van der Waals surface area contributed by atoms with Crippen molar-refractivity contribution < 1.29 is 0 Å². The molecule has 80 valence electrons. The van der Waals surface area contributed by atoms with Crippen LogP contribution in [0.2, 0.25) is 0 Å². The van der Waals surface area contributed by atoms with Crippen molar-refractivity contribution in [1.29, 1.82) is 0 Å². The zero-order chi connectivity index (χ0) is 10.8. The average molecular weight is 222 g/mol. The molecule has 1 heterocycles. The Morgan fingerprint density at radius 3 is 3.00 bits per heavy atom. The average Bonchev–Trinajstić information content (AvgIpc) is 2.22. The van der Waals surface area contributed by atoms with E-state index >= 15 is 0 Å². The summed E-state index contributed by atoms with van der Waals surface area (Å²) in [5, 5.41) is 0.707. The van der Waals surface area contributed by atoms with Gasteiger partial charge in [-0.05, 0) is 31.4 Å². The van der Waals surface area contributed by atoms with Crippen molar-refractivity contribution in [3.63, 3.8) is 0 Å². The van der Waals surface area contributed by atoms with Crippen LogP contribution < -0.4 is 4.90 Å². The van der Waals surface area contributed by atoms with Gasteiger partial charge in [-0.2, -0.15) is 0 Å². The first-order chi connectivity index (χ1) is 7.18. The number of hydrogen-bond donors (Lipinski definition) is 0. The zero-order valence-corrected chi connectivity index (χ0v) is 9.80. The molecule has 0 aromatic heterocycles. The summed E-state index contributed by atoms with van der Waals surface area (Å²) < 4.78 is 0. The highest BCUT2D eigenvalue weighted by Gasteiger charge is 2.22. The van der Waals surface area contributed by atoms with Gasteiger partial charge in [0.25, 0.3) is 0 Å². The smallest absolute Gasteiger partial charge is 0.0533 e. The van der Waals surface area contributed by atoms with Crippen molar-refractivity contribution in [1.82, 2.24) is 0 Å². The lowest BCUT2D eigenvalue weighted by atomic mass is 9.97. The lowest BCUT2D eigenvalue weighted by Crippen LogP contribution is -2.38. The maximum Gasteiger partial charge on any atom is 0.0533 e. The van der Waals surface area contributed by atoms with E-state index in [-0.39, 0.29) is 0 Å². The van der Waals surface area contributed by atoms with Gasteiger partial charge in [-0.25, -0.2) is 0 Å². The first-order valence-electron chi connectivity index (χ1n) is 5.36. The van der Waals surface area contributed by atoms with Gasteiger partial charge < -0.3 is 4.90 Å². The first kappa shape index (κ1) is 10.6. The van der Waals surface area contributed by atoms with Gasteiger partial charge in [-0.3, -0.25) is 0 Å². The summed E-state index contributed by atoms with van der Waals surface area (Å²) >= 11 is 5.91. The number of rotatable bonds is 2. The molecule has 0 amide bonds. The monoisotopic (exact) mass is 221 g/mol. The quantitative estimate of drug-likeness (QED) is 0.738. The van der Waals surface area contributed by atoms with Crippen molar-refractivity contribution >= 4 is 17.3 Å². The van der Waals surface area contributed by atoms with Crippen LogP contribution in [0, 0.1) is 0 Å². The molecule has 1 atom stereocenters. The second-order valence-corrected chi connectivity index (χ2v) is 4.70. The fourth-order valence-electron chi connectivity index (χ4n) is 2.19. The predicted molar refractivity (Wildman–Crippen MR) is 66.6 cm³/mol.